The van der Waals surface area contributed by atoms with Crippen molar-refractivity contribution in [1.29, 1.82) is 0 Å². The summed E-state index contributed by atoms with van der Waals surface area (Å²) in [6.45, 7) is 1.61. The van der Waals surface area contributed by atoms with E-state index < -0.39 is 15.9 Å². The molecule has 8 nitrogen and oxygen atoms in total. The molecule has 1 fully saturated rings. The molecule has 0 radical (unpaired) electrons. The molecule has 0 atom stereocenters. The maximum absolute atomic E-state index is 12.6. The SMILES string of the molecule is NC(=O)c1cc(-c2ccccc2)cc2c(C3CCN(S(=O)(=O)CCNCCO)CC3)c[nH]c12. The number of carbonyl (C=O) groups excluding carboxylic acids is 1. The van der Waals surface area contributed by atoms with Crippen LogP contribution < -0.4 is 11.1 Å². The second-order valence-corrected chi connectivity index (χ2v) is 10.5. The van der Waals surface area contributed by atoms with Crippen LogP contribution in [0.2, 0.25) is 0 Å². The molecule has 2 aromatic carbocycles. The Labute approximate surface area is 193 Å². The molecule has 0 saturated carbocycles. The van der Waals surface area contributed by atoms with E-state index >= 15 is 0 Å². The Bertz CT molecular complexity index is 1220. The number of aliphatic hydroxyl groups is 1. The average molecular weight is 471 g/mol. The highest BCUT2D eigenvalue weighted by Gasteiger charge is 2.30. The minimum absolute atomic E-state index is 0.0144. The van der Waals surface area contributed by atoms with Crippen LogP contribution in [0.15, 0.2) is 48.7 Å². The number of aromatic amines is 1. The van der Waals surface area contributed by atoms with Crippen molar-refractivity contribution in [3.63, 3.8) is 0 Å². The Morgan fingerprint density at radius 1 is 1.12 bits per heavy atom. The van der Waals surface area contributed by atoms with Gasteiger partial charge in [-0.3, -0.25) is 4.79 Å². The molecule has 4 rings (SSSR count). The Kier molecular flexibility index (Phi) is 7.14. The highest BCUT2D eigenvalue weighted by atomic mass is 32.2. The van der Waals surface area contributed by atoms with E-state index in [0.717, 1.165) is 27.6 Å². The summed E-state index contributed by atoms with van der Waals surface area (Å²) in [6.07, 6.45) is 3.34. The van der Waals surface area contributed by atoms with Crippen LogP contribution in [0.1, 0.15) is 34.7 Å². The monoisotopic (exact) mass is 470 g/mol. The van der Waals surface area contributed by atoms with Gasteiger partial charge in [-0.05, 0) is 47.6 Å². The number of aliphatic hydroxyl groups excluding tert-OH is 1. The number of H-pyrrole nitrogens is 1. The predicted octanol–water partition coefficient (Wildman–Crippen LogP) is 2.02. The Balaban J connectivity index is 1.56. The van der Waals surface area contributed by atoms with E-state index in [4.69, 9.17) is 10.8 Å². The summed E-state index contributed by atoms with van der Waals surface area (Å²) in [5.41, 5.74) is 9.88. The third-order valence-electron chi connectivity index (χ3n) is 6.31. The molecule has 1 amide bonds. The number of fused-ring (bicyclic) bond motifs is 1. The molecule has 1 aliphatic rings. The molecule has 5 N–H and O–H groups in total. The summed E-state index contributed by atoms with van der Waals surface area (Å²) in [6, 6.07) is 13.8. The van der Waals surface area contributed by atoms with Crippen LogP contribution >= 0.6 is 0 Å². The first kappa shape index (κ1) is 23.4. The van der Waals surface area contributed by atoms with Crippen molar-refractivity contribution in [3.8, 4) is 11.1 Å². The van der Waals surface area contributed by atoms with Gasteiger partial charge in [0.05, 0.1) is 23.4 Å². The molecule has 0 aliphatic carbocycles. The Morgan fingerprint density at radius 2 is 1.85 bits per heavy atom. The van der Waals surface area contributed by atoms with Gasteiger partial charge < -0.3 is 21.1 Å². The fourth-order valence-corrected chi connectivity index (χ4v) is 5.99. The number of aromatic nitrogens is 1. The number of nitrogens with two attached hydrogens (primary N) is 1. The van der Waals surface area contributed by atoms with Gasteiger partial charge in [0.25, 0.3) is 5.91 Å². The Hall–Kier alpha value is -2.72. The molecule has 0 bridgehead atoms. The van der Waals surface area contributed by atoms with Gasteiger partial charge in [-0.2, -0.15) is 0 Å². The smallest absolute Gasteiger partial charge is 0.250 e. The van der Waals surface area contributed by atoms with E-state index in [0.29, 0.717) is 44.6 Å². The fraction of sp³-hybridized carbons (Fsp3) is 0.375. The van der Waals surface area contributed by atoms with E-state index in [2.05, 4.69) is 16.4 Å². The van der Waals surface area contributed by atoms with Crippen LogP contribution in [0.25, 0.3) is 22.0 Å². The van der Waals surface area contributed by atoms with Crippen molar-refractivity contribution in [2.75, 3.05) is 38.5 Å². The Morgan fingerprint density at radius 3 is 2.52 bits per heavy atom. The van der Waals surface area contributed by atoms with Crippen LogP contribution in [0.5, 0.6) is 0 Å². The zero-order valence-corrected chi connectivity index (χ0v) is 19.3. The normalized spacial score (nSPS) is 15.8. The highest BCUT2D eigenvalue weighted by molar-refractivity contribution is 7.89. The summed E-state index contributed by atoms with van der Waals surface area (Å²) in [7, 11) is -3.34. The quantitative estimate of drug-likeness (QED) is 0.356. The van der Waals surface area contributed by atoms with Crippen molar-refractivity contribution in [2.24, 2.45) is 5.73 Å². The van der Waals surface area contributed by atoms with Crippen molar-refractivity contribution < 1.29 is 18.3 Å². The van der Waals surface area contributed by atoms with E-state index in [9.17, 15) is 13.2 Å². The largest absolute Gasteiger partial charge is 0.395 e. The molecule has 33 heavy (non-hydrogen) atoms. The number of hydrogen-bond donors (Lipinski definition) is 4. The lowest BCUT2D eigenvalue weighted by Crippen LogP contribution is -2.41. The topological polar surface area (TPSA) is 129 Å². The molecule has 2 heterocycles. The first-order valence-electron chi connectivity index (χ1n) is 11.2. The molecular weight excluding hydrogens is 440 g/mol. The van der Waals surface area contributed by atoms with Crippen LogP contribution in [0.4, 0.5) is 0 Å². The van der Waals surface area contributed by atoms with Crippen molar-refractivity contribution in [3.05, 3.63) is 59.8 Å². The van der Waals surface area contributed by atoms with Gasteiger partial charge in [-0.25, -0.2) is 12.7 Å². The lowest BCUT2D eigenvalue weighted by atomic mass is 9.88. The van der Waals surface area contributed by atoms with Gasteiger partial charge in [0.1, 0.15) is 0 Å². The highest BCUT2D eigenvalue weighted by Crippen LogP contribution is 2.37. The number of nitrogens with one attached hydrogen (secondary N) is 2. The number of primary amides is 1. The molecular formula is C24H30N4O4S. The zero-order valence-electron chi connectivity index (χ0n) is 18.5. The maximum atomic E-state index is 12.6. The van der Waals surface area contributed by atoms with E-state index in [1.807, 2.05) is 42.6 Å². The van der Waals surface area contributed by atoms with Gasteiger partial charge in [0.15, 0.2) is 0 Å². The van der Waals surface area contributed by atoms with Crippen molar-refractivity contribution in [1.82, 2.24) is 14.6 Å². The van der Waals surface area contributed by atoms with Crippen molar-refractivity contribution in [2.45, 2.75) is 18.8 Å². The third-order valence-corrected chi connectivity index (χ3v) is 8.18. The maximum Gasteiger partial charge on any atom is 0.250 e. The van der Waals surface area contributed by atoms with Crippen molar-refractivity contribution >= 4 is 26.8 Å². The number of amides is 1. The molecule has 3 aromatic rings. The summed E-state index contributed by atoms with van der Waals surface area (Å²) < 4.78 is 26.8. The molecule has 9 heteroatoms. The van der Waals surface area contributed by atoms with Gasteiger partial charge >= 0.3 is 0 Å². The van der Waals surface area contributed by atoms with Crippen LogP contribution in [0.3, 0.4) is 0 Å². The van der Waals surface area contributed by atoms with Gasteiger partial charge in [0.2, 0.25) is 10.0 Å². The predicted molar refractivity (Wildman–Crippen MR) is 130 cm³/mol. The number of sulfonamides is 1. The summed E-state index contributed by atoms with van der Waals surface area (Å²) in [4.78, 5) is 15.4. The zero-order chi connectivity index (χ0) is 23.4. The van der Waals surface area contributed by atoms with Gasteiger partial charge in [-0.15, -0.1) is 0 Å². The second-order valence-electron chi connectivity index (χ2n) is 8.38. The van der Waals surface area contributed by atoms with E-state index in [-0.39, 0.29) is 18.3 Å². The first-order valence-corrected chi connectivity index (χ1v) is 12.8. The molecule has 176 valence electrons. The third kappa shape index (κ3) is 5.11. The fourth-order valence-electron chi connectivity index (χ4n) is 4.56. The number of carbonyl (C=O) groups is 1. The first-order chi connectivity index (χ1) is 15.9. The van der Waals surface area contributed by atoms with Crippen LogP contribution in [0, 0.1) is 0 Å². The summed E-state index contributed by atoms with van der Waals surface area (Å²) >= 11 is 0. The molecule has 0 unspecified atom stereocenters. The molecule has 1 aromatic heterocycles. The molecule has 1 aliphatic heterocycles. The minimum Gasteiger partial charge on any atom is -0.395 e. The summed E-state index contributed by atoms with van der Waals surface area (Å²) in [5.74, 6) is -0.279. The van der Waals surface area contributed by atoms with E-state index in [1.165, 1.54) is 0 Å². The number of hydrogen-bond acceptors (Lipinski definition) is 5. The van der Waals surface area contributed by atoms with Gasteiger partial charge in [-0.1, -0.05) is 30.3 Å². The number of rotatable bonds is 9. The number of nitrogens with zero attached hydrogens (tertiary/aromatic N) is 1. The number of piperidine rings is 1. The average Bonchev–Trinajstić information content (AvgIpc) is 3.26. The summed E-state index contributed by atoms with van der Waals surface area (Å²) in [5, 5.41) is 12.7. The molecule has 0 spiro atoms. The van der Waals surface area contributed by atoms with Crippen LogP contribution in [-0.2, 0) is 10.0 Å². The minimum atomic E-state index is -3.34. The standard InChI is InChI=1S/C24H30N4O4S/c25-24(30)21-15-19(17-4-2-1-3-5-17)14-20-22(16-27-23(20)21)18-6-10-28(11-7-18)33(31,32)13-9-26-8-12-29/h1-5,14-16,18,26-27,29H,6-13H2,(H2,25,30). The second kappa shape index (κ2) is 10.0. The number of benzene rings is 2. The van der Waals surface area contributed by atoms with Gasteiger partial charge in [0, 0.05) is 37.8 Å². The molecule has 1 saturated heterocycles. The van der Waals surface area contributed by atoms with E-state index in [1.54, 1.807) is 4.31 Å². The lowest BCUT2D eigenvalue weighted by Gasteiger charge is -2.31. The van der Waals surface area contributed by atoms with Crippen LogP contribution in [-0.4, -0.2) is 67.3 Å². The lowest BCUT2D eigenvalue weighted by molar-refractivity contribution is 0.100.